The Labute approximate surface area is 170 Å². The van der Waals surface area contributed by atoms with Gasteiger partial charge in [-0.25, -0.2) is 13.9 Å². The van der Waals surface area contributed by atoms with Crippen LogP contribution in [0.15, 0.2) is 72.0 Å². The lowest BCUT2D eigenvalue weighted by molar-refractivity contribution is -0.113. The first-order chi connectivity index (χ1) is 14.1. The molecule has 4 rings (SSSR count). The Morgan fingerprint density at radius 1 is 1.17 bits per heavy atom. The fourth-order valence-corrected chi connectivity index (χ4v) is 3.55. The van der Waals surface area contributed by atoms with E-state index in [-0.39, 0.29) is 17.5 Å². The van der Waals surface area contributed by atoms with E-state index in [0.29, 0.717) is 16.4 Å². The summed E-state index contributed by atoms with van der Waals surface area (Å²) < 4.78 is 20.0. The van der Waals surface area contributed by atoms with Crippen molar-refractivity contribution in [1.82, 2.24) is 14.6 Å². The molecule has 146 valence electrons. The first kappa shape index (κ1) is 18.9. The number of rotatable bonds is 6. The van der Waals surface area contributed by atoms with Gasteiger partial charge in [0.2, 0.25) is 5.91 Å². The zero-order chi connectivity index (χ0) is 20.2. The zero-order valence-electron chi connectivity index (χ0n) is 15.5. The first-order valence-corrected chi connectivity index (χ1v) is 9.78. The minimum Gasteiger partial charge on any atom is -0.497 e. The number of amides is 1. The molecular formula is C21H17FN4O2S. The van der Waals surface area contributed by atoms with Crippen molar-refractivity contribution >= 4 is 28.9 Å². The van der Waals surface area contributed by atoms with Crippen molar-refractivity contribution in [1.29, 1.82) is 0 Å². The molecule has 2 aromatic carbocycles. The number of halogens is 1. The lowest BCUT2D eigenvalue weighted by atomic mass is 10.1. The van der Waals surface area contributed by atoms with Crippen molar-refractivity contribution in [3.05, 3.63) is 72.8 Å². The summed E-state index contributed by atoms with van der Waals surface area (Å²) in [6.45, 7) is 0. The van der Waals surface area contributed by atoms with E-state index < -0.39 is 0 Å². The van der Waals surface area contributed by atoms with Crippen LogP contribution in [0.25, 0.3) is 16.8 Å². The predicted molar refractivity (Wildman–Crippen MR) is 111 cm³/mol. The molecule has 0 saturated heterocycles. The third-order valence-corrected chi connectivity index (χ3v) is 5.20. The van der Waals surface area contributed by atoms with Crippen molar-refractivity contribution in [3.63, 3.8) is 0 Å². The van der Waals surface area contributed by atoms with E-state index in [0.717, 1.165) is 16.8 Å². The summed E-state index contributed by atoms with van der Waals surface area (Å²) in [5.74, 6) is 0.502. The van der Waals surface area contributed by atoms with Gasteiger partial charge in [0, 0.05) is 23.6 Å². The molecule has 4 aromatic rings. The average Bonchev–Trinajstić information content (AvgIpc) is 3.18. The molecule has 0 saturated carbocycles. The summed E-state index contributed by atoms with van der Waals surface area (Å²) in [4.78, 5) is 16.7. The van der Waals surface area contributed by atoms with Crippen LogP contribution in [0.4, 0.5) is 10.1 Å². The van der Waals surface area contributed by atoms with Crippen molar-refractivity contribution in [2.75, 3.05) is 18.2 Å². The maximum atomic E-state index is 13.2. The largest absolute Gasteiger partial charge is 0.497 e. The molecule has 8 heteroatoms. The molecule has 29 heavy (non-hydrogen) atoms. The highest BCUT2D eigenvalue weighted by atomic mass is 32.2. The number of benzene rings is 2. The fraction of sp³-hybridized carbons (Fsp3) is 0.0952. The van der Waals surface area contributed by atoms with E-state index in [1.165, 1.54) is 23.9 Å². The van der Waals surface area contributed by atoms with Crippen molar-refractivity contribution in [2.45, 2.75) is 5.03 Å². The van der Waals surface area contributed by atoms with E-state index in [9.17, 15) is 9.18 Å². The van der Waals surface area contributed by atoms with E-state index in [1.807, 2.05) is 6.07 Å². The summed E-state index contributed by atoms with van der Waals surface area (Å²) in [6.07, 6.45) is 3.38. The number of methoxy groups -OCH3 is 1. The Balaban J connectivity index is 1.47. The topological polar surface area (TPSA) is 68.5 Å². The van der Waals surface area contributed by atoms with Crippen LogP contribution < -0.4 is 10.1 Å². The molecule has 0 bridgehead atoms. The van der Waals surface area contributed by atoms with Gasteiger partial charge in [-0.05, 0) is 54.6 Å². The van der Waals surface area contributed by atoms with Gasteiger partial charge < -0.3 is 10.1 Å². The molecule has 0 fully saturated rings. The quantitative estimate of drug-likeness (QED) is 0.483. The van der Waals surface area contributed by atoms with Crippen LogP contribution in [0.2, 0.25) is 0 Å². The minimum absolute atomic E-state index is 0.137. The van der Waals surface area contributed by atoms with E-state index in [2.05, 4.69) is 15.4 Å². The highest BCUT2D eigenvalue weighted by Gasteiger charge is 2.12. The zero-order valence-corrected chi connectivity index (χ0v) is 16.3. The molecular weight excluding hydrogens is 391 g/mol. The summed E-state index contributed by atoms with van der Waals surface area (Å²) >= 11 is 1.33. The number of anilines is 1. The van der Waals surface area contributed by atoms with Gasteiger partial charge in [-0.15, -0.1) is 0 Å². The van der Waals surface area contributed by atoms with Gasteiger partial charge >= 0.3 is 0 Å². The fourth-order valence-electron chi connectivity index (χ4n) is 2.78. The number of aromatic nitrogens is 3. The number of ether oxygens (including phenoxy) is 1. The SMILES string of the molecule is COc1ccc(NC(=O)CSc2nccn3nc(-c4ccc(F)cc4)cc23)cc1. The number of nitrogens with zero attached hydrogens (tertiary/aromatic N) is 3. The first-order valence-electron chi connectivity index (χ1n) is 8.79. The number of nitrogens with one attached hydrogen (secondary N) is 1. The summed E-state index contributed by atoms with van der Waals surface area (Å²) in [5, 5.41) is 8.05. The van der Waals surface area contributed by atoms with Gasteiger partial charge in [-0.1, -0.05) is 11.8 Å². The molecule has 0 spiro atoms. The predicted octanol–water partition coefficient (Wildman–Crippen LogP) is 4.27. The smallest absolute Gasteiger partial charge is 0.234 e. The number of fused-ring (bicyclic) bond motifs is 1. The Morgan fingerprint density at radius 2 is 1.93 bits per heavy atom. The second kappa shape index (κ2) is 8.32. The molecule has 0 aliphatic carbocycles. The van der Waals surface area contributed by atoms with Crippen LogP contribution >= 0.6 is 11.8 Å². The van der Waals surface area contributed by atoms with Crippen LogP contribution in [-0.2, 0) is 4.79 Å². The number of carbonyl (C=O) groups is 1. The lowest BCUT2D eigenvalue weighted by Crippen LogP contribution is -2.14. The monoisotopic (exact) mass is 408 g/mol. The second-order valence-electron chi connectivity index (χ2n) is 6.16. The number of thioether (sulfide) groups is 1. The number of hydrogen-bond donors (Lipinski definition) is 1. The Hall–Kier alpha value is -3.39. The number of carbonyl (C=O) groups excluding carboxylic acids is 1. The second-order valence-corrected chi connectivity index (χ2v) is 7.13. The molecule has 0 aliphatic rings. The molecule has 0 unspecified atom stereocenters. The maximum Gasteiger partial charge on any atom is 0.234 e. The standard InChI is InChI=1S/C21H17FN4O2S/c1-28-17-8-6-16(7-9-17)24-20(27)13-29-21-19-12-18(25-26(19)11-10-23-21)14-2-4-15(22)5-3-14/h2-12H,13H2,1H3,(H,24,27). The van der Waals surface area contributed by atoms with Crippen molar-refractivity contribution in [2.24, 2.45) is 0 Å². The Morgan fingerprint density at radius 3 is 2.66 bits per heavy atom. The molecule has 0 aliphatic heterocycles. The lowest BCUT2D eigenvalue weighted by Gasteiger charge is -2.06. The van der Waals surface area contributed by atoms with E-state index in [1.54, 1.807) is 60.4 Å². The highest BCUT2D eigenvalue weighted by molar-refractivity contribution is 8.00. The molecule has 0 atom stereocenters. The van der Waals surface area contributed by atoms with Crippen molar-refractivity contribution in [3.8, 4) is 17.0 Å². The third-order valence-electron chi connectivity index (χ3n) is 4.21. The molecule has 1 N–H and O–H groups in total. The van der Waals surface area contributed by atoms with Crippen LogP contribution in [0.3, 0.4) is 0 Å². The molecule has 6 nitrogen and oxygen atoms in total. The average molecular weight is 408 g/mol. The minimum atomic E-state index is -0.293. The van der Waals surface area contributed by atoms with Crippen LogP contribution in [0, 0.1) is 5.82 Å². The summed E-state index contributed by atoms with van der Waals surface area (Å²) in [7, 11) is 1.59. The van der Waals surface area contributed by atoms with Gasteiger partial charge in [-0.2, -0.15) is 5.10 Å². The normalized spacial score (nSPS) is 10.8. The molecule has 2 aromatic heterocycles. The molecule has 2 heterocycles. The van der Waals surface area contributed by atoms with Crippen LogP contribution in [-0.4, -0.2) is 33.4 Å². The van der Waals surface area contributed by atoms with Gasteiger partial charge in [0.1, 0.15) is 16.6 Å². The van der Waals surface area contributed by atoms with Gasteiger partial charge in [0.05, 0.1) is 24.1 Å². The van der Waals surface area contributed by atoms with Crippen LogP contribution in [0.5, 0.6) is 5.75 Å². The summed E-state index contributed by atoms with van der Waals surface area (Å²) in [5.41, 5.74) is 3.01. The Kier molecular flexibility index (Phi) is 5.44. The maximum absolute atomic E-state index is 13.2. The molecule has 0 radical (unpaired) electrons. The van der Waals surface area contributed by atoms with Gasteiger partial charge in [0.25, 0.3) is 0 Å². The van der Waals surface area contributed by atoms with E-state index >= 15 is 0 Å². The van der Waals surface area contributed by atoms with Crippen LogP contribution in [0.1, 0.15) is 0 Å². The summed E-state index contributed by atoms with van der Waals surface area (Å²) in [6, 6.07) is 15.2. The molecule has 1 amide bonds. The van der Waals surface area contributed by atoms with Gasteiger partial charge in [0.15, 0.2) is 0 Å². The highest BCUT2D eigenvalue weighted by Crippen LogP contribution is 2.26. The third kappa shape index (κ3) is 4.38. The Bertz CT molecular complexity index is 1140. The van der Waals surface area contributed by atoms with Crippen molar-refractivity contribution < 1.29 is 13.9 Å². The van der Waals surface area contributed by atoms with E-state index in [4.69, 9.17) is 4.74 Å². The van der Waals surface area contributed by atoms with Gasteiger partial charge in [-0.3, -0.25) is 4.79 Å². The number of hydrogen-bond acceptors (Lipinski definition) is 5.